The second-order valence-electron chi connectivity index (χ2n) is 7.91. The molecule has 1 aliphatic carbocycles. The first kappa shape index (κ1) is 17.0. The van der Waals surface area contributed by atoms with Gasteiger partial charge in [0.1, 0.15) is 6.04 Å². The molecule has 3 heterocycles. The quantitative estimate of drug-likeness (QED) is 0.605. The van der Waals surface area contributed by atoms with Gasteiger partial charge in [0, 0.05) is 46.4 Å². The number of rotatable bonds is 6. The van der Waals surface area contributed by atoms with Crippen LogP contribution in [0.2, 0.25) is 0 Å². The van der Waals surface area contributed by atoms with Gasteiger partial charge in [-0.25, -0.2) is 0 Å². The first-order valence-corrected chi connectivity index (χ1v) is 10.9. The number of nitrogens with one attached hydrogen (secondary N) is 3. The van der Waals surface area contributed by atoms with Crippen molar-refractivity contribution in [2.75, 3.05) is 19.6 Å². The number of H-pyrrole nitrogens is 1. The molecule has 3 N–H and O–H groups in total. The van der Waals surface area contributed by atoms with Crippen LogP contribution in [0.4, 0.5) is 0 Å². The van der Waals surface area contributed by atoms with Crippen LogP contribution < -0.4 is 10.2 Å². The first-order chi connectivity index (χ1) is 13.3. The van der Waals surface area contributed by atoms with Gasteiger partial charge in [0.15, 0.2) is 6.54 Å². The summed E-state index contributed by atoms with van der Waals surface area (Å²) >= 11 is 1.89. The minimum Gasteiger partial charge on any atom is -0.361 e. The lowest BCUT2D eigenvalue weighted by Gasteiger charge is -2.32. The van der Waals surface area contributed by atoms with E-state index in [2.05, 4.69) is 46.1 Å². The SMILES string of the molecule is O=C(C[NH+]1CCc2sccc2[C@H]1C1CC1)NCCc1c[nH]c2ccccc12. The van der Waals surface area contributed by atoms with Crippen LogP contribution in [0.3, 0.4) is 0 Å². The molecule has 0 spiro atoms. The van der Waals surface area contributed by atoms with E-state index < -0.39 is 0 Å². The average molecular weight is 381 g/mol. The van der Waals surface area contributed by atoms with E-state index in [4.69, 9.17) is 0 Å². The molecule has 1 unspecified atom stereocenters. The molecule has 0 saturated heterocycles. The third kappa shape index (κ3) is 3.42. The minimum atomic E-state index is 0.189. The molecule has 2 atom stereocenters. The zero-order valence-electron chi connectivity index (χ0n) is 15.5. The summed E-state index contributed by atoms with van der Waals surface area (Å²) in [4.78, 5) is 18.9. The smallest absolute Gasteiger partial charge is 0.275 e. The van der Waals surface area contributed by atoms with E-state index in [-0.39, 0.29) is 5.91 Å². The maximum atomic E-state index is 12.6. The maximum Gasteiger partial charge on any atom is 0.275 e. The van der Waals surface area contributed by atoms with Gasteiger partial charge >= 0.3 is 0 Å². The summed E-state index contributed by atoms with van der Waals surface area (Å²) in [5.74, 6) is 0.974. The maximum absolute atomic E-state index is 12.6. The van der Waals surface area contributed by atoms with E-state index in [1.807, 2.05) is 17.4 Å². The number of amides is 1. The number of hydrogen-bond donors (Lipinski definition) is 3. The fourth-order valence-corrected chi connectivity index (χ4v) is 5.57. The van der Waals surface area contributed by atoms with Crippen molar-refractivity contribution >= 4 is 28.1 Å². The van der Waals surface area contributed by atoms with E-state index in [1.165, 1.54) is 34.3 Å². The number of para-hydroxylation sites is 1. The lowest BCUT2D eigenvalue weighted by molar-refractivity contribution is -0.928. The van der Waals surface area contributed by atoms with Crippen LogP contribution in [0.25, 0.3) is 10.9 Å². The van der Waals surface area contributed by atoms with Gasteiger partial charge in [-0.1, -0.05) is 18.2 Å². The van der Waals surface area contributed by atoms with E-state index in [0.29, 0.717) is 19.1 Å². The van der Waals surface area contributed by atoms with Crippen LogP contribution in [0, 0.1) is 5.92 Å². The zero-order chi connectivity index (χ0) is 18.2. The summed E-state index contributed by atoms with van der Waals surface area (Å²) < 4.78 is 0. The normalized spacial score (nSPS) is 21.9. The van der Waals surface area contributed by atoms with Crippen LogP contribution in [0.1, 0.15) is 34.9 Å². The van der Waals surface area contributed by atoms with Crippen molar-refractivity contribution < 1.29 is 9.69 Å². The lowest BCUT2D eigenvalue weighted by Crippen LogP contribution is -3.14. The van der Waals surface area contributed by atoms with Crippen LogP contribution in [0.5, 0.6) is 0 Å². The molecule has 140 valence electrons. The van der Waals surface area contributed by atoms with Crippen LogP contribution in [-0.4, -0.2) is 30.5 Å². The van der Waals surface area contributed by atoms with Gasteiger partial charge in [-0.2, -0.15) is 0 Å². The van der Waals surface area contributed by atoms with Gasteiger partial charge in [-0.3, -0.25) is 4.79 Å². The Morgan fingerprint density at radius 1 is 1.26 bits per heavy atom. The molecule has 3 aromatic rings. The van der Waals surface area contributed by atoms with Gasteiger partial charge in [0.05, 0.1) is 6.54 Å². The van der Waals surface area contributed by atoms with Crippen molar-refractivity contribution in [3.8, 4) is 0 Å². The van der Waals surface area contributed by atoms with Crippen molar-refractivity contribution in [3.63, 3.8) is 0 Å². The van der Waals surface area contributed by atoms with E-state index >= 15 is 0 Å². The summed E-state index contributed by atoms with van der Waals surface area (Å²) in [6.07, 6.45) is 6.70. The number of aromatic nitrogens is 1. The second-order valence-corrected chi connectivity index (χ2v) is 8.91. The summed E-state index contributed by atoms with van der Waals surface area (Å²) in [7, 11) is 0. The molecule has 2 aromatic heterocycles. The number of thiophene rings is 1. The molecular weight excluding hydrogens is 354 g/mol. The number of carbonyl (C=O) groups is 1. The fraction of sp³-hybridized carbons (Fsp3) is 0.409. The highest BCUT2D eigenvalue weighted by Gasteiger charge is 2.43. The Bertz CT molecular complexity index is 955. The molecule has 2 aliphatic rings. The Labute approximate surface area is 163 Å². The highest BCUT2D eigenvalue weighted by atomic mass is 32.1. The lowest BCUT2D eigenvalue weighted by atomic mass is 9.96. The summed E-state index contributed by atoms with van der Waals surface area (Å²) in [6.45, 7) is 2.39. The standard InChI is InChI=1S/C22H25N3OS/c26-21(23-10-7-16-13-24-19-4-2-1-3-17(16)19)14-25-11-8-20-18(9-12-27-20)22(25)15-5-6-15/h1-4,9,12-13,15,22,24H,5-8,10-11,14H2,(H,23,26)/p+1/t22-/m1/s1. The third-order valence-electron chi connectivity index (χ3n) is 6.10. The van der Waals surface area contributed by atoms with Gasteiger partial charge in [-0.15, -0.1) is 11.3 Å². The largest absolute Gasteiger partial charge is 0.361 e. The van der Waals surface area contributed by atoms with Crippen molar-refractivity contribution in [2.24, 2.45) is 5.92 Å². The fourth-order valence-electron chi connectivity index (χ4n) is 4.64. The third-order valence-corrected chi connectivity index (χ3v) is 7.10. The Morgan fingerprint density at radius 3 is 3.04 bits per heavy atom. The first-order valence-electron chi connectivity index (χ1n) is 10.0. The highest BCUT2D eigenvalue weighted by Crippen LogP contribution is 2.42. The van der Waals surface area contributed by atoms with Crippen LogP contribution in [0.15, 0.2) is 41.9 Å². The van der Waals surface area contributed by atoms with Gasteiger partial charge in [0.2, 0.25) is 0 Å². The van der Waals surface area contributed by atoms with Gasteiger partial charge in [0.25, 0.3) is 5.91 Å². The van der Waals surface area contributed by atoms with E-state index in [9.17, 15) is 4.79 Å². The molecule has 5 heteroatoms. The monoisotopic (exact) mass is 380 g/mol. The molecule has 1 aromatic carbocycles. The number of fused-ring (bicyclic) bond motifs is 2. The topological polar surface area (TPSA) is 49.3 Å². The second kappa shape index (κ2) is 7.13. The average Bonchev–Trinajstić information content (AvgIpc) is 3.25. The molecule has 0 radical (unpaired) electrons. The number of quaternary nitrogens is 1. The molecule has 27 heavy (non-hydrogen) atoms. The van der Waals surface area contributed by atoms with E-state index in [1.54, 1.807) is 4.88 Å². The summed E-state index contributed by atoms with van der Waals surface area (Å²) in [6, 6.07) is 11.2. The zero-order valence-corrected chi connectivity index (χ0v) is 16.3. The molecule has 1 amide bonds. The Morgan fingerprint density at radius 2 is 2.15 bits per heavy atom. The van der Waals surface area contributed by atoms with Crippen molar-refractivity contribution in [3.05, 3.63) is 57.9 Å². The number of benzene rings is 1. The Hall–Kier alpha value is -2.11. The van der Waals surface area contributed by atoms with E-state index in [0.717, 1.165) is 30.8 Å². The molecule has 4 nitrogen and oxygen atoms in total. The number of hydrogen-bond acceptors (Lipinski definition) is 2. The van der Waals surface area contributed by atoms with Gasteiger partial charge in [-0.05, 0) is 42.3 Å². The van der Waals surface area contributed by atoms with Crippen LogP contribution >= 0.6 is 11.3 Å². The Balaban J connectivity index is 1.18. The van der Waals surface area contributed by atoms with Crippen molar-refractivity contribution in [2.45, 2.75) is 31.7 Å². The summed E-state index contributed by atoms with van der Waals surface area (Å²) in [5.41, 5.74) is 3.96. The minimum absolute atomic E-state index is 0.189. The van der Waals surface area contributed by atoms with Gasteiger partial charge < -0.3 is 15.2 Å². The summed E-state index contributed by atoms with van der Waals surface area (Å²) in [5, 5.41) is 6.64. The van der Waals surface area contributed by atoms with Crippen molar-refractivity contribution in [1.82, 2.24) is 10.3 Å². The molecule has 1 saturated carbocycles. The molecule has 1 aliphatic heterocycles. The number of aromatic amines is 1. The van der Waals surface area contributed by atoms with Crippen LogP contribution in [-0.2, 0) is 17.6 Å². The predicted molar refractivity (Wildman–Crippen MR) is 109 cm³/mol. The highest BCUT2D eigenvalue weighted by molar-refractivity contribution is 7.10. The number of carbonyl (C=O) groups excluding carboxylic acids is 1. The molecule has 0 bridgehead atoms. The molecule has 1 fully saturated rings. The molecular formula is C22H26N3OS+. The Kier molecular flexibility index (Phi) is 4.50. The predicted octanol–water partition coefficient (Wildman–Crippen LogP) is 2.48. The molecule has 5 rings (SSSR count). The van der Waals surface area contributed by atoms with Crippen molar-refractivity contribution in [1.29, 1.82) is 0 Å².